The summed E-state index contributed by atoms with van der Waals surface area (Å²) in [5.41, 5.74) is 0. The largest absolute Gasteiger partial charge is 2.00 e. The molecule has 0 heterocycles. The molecule has 15 heavy (non-hydrogen) atoms. The van der Waals surface area contributed by atoms with Gasteiger partial charge < -0.3 is 0 Å². The van der Waals surface area contributed by atoms with Crippen LogP contribution < -0.4 is 51.4 Å². The van der Waals surface area contributed by atoms with E-state index in [1.54, 1.807) is 0 Å². The normalized spacial score (nSPS) is 11.6. The summed E-state index contributed by atoms with van der Waals surface area (Å²) in [5, 5.41) is 51.5. The van der Waals surface area contributed by atoms with E-state index in [0.717, 1.165) is 29.8 Å². The zero-order chi connectivity index (χ0) is 10.7. The van der Waals surface area contributed by atoms with Crippen molar-refractivity contribution < 1.29 is 62.1 Å². The Bertz CT molecular complexity index is 397. The van der Waals surface area contributed by atoms with Crippen molar-refractivity contribution >= 4 is 37.7 Å². The van der Waals surface area contributed by atoms with Crippen LogP contribution in [0.15, 0.2) is 0 Å². The van der Waals surface area contributed by atoms with Gasteiger partial charge in [-0.2, -0.15) is 0 Å². The van der Waals surface area contributed by atoms with Gasteiger partial charge >= 0.3 is 161 Å². The van der Waals surface area contributed by atoms with E-state index in [2.05, 4.69) is 0 Å². The fourth-order valence-electron chi connectivity index (χ4n) is 0.265. The van der Waals surface area contributed by atoms with Gasteiger partial charge in [-0.3, -0.25) is 0 Å². The molecule has 0 spiro atoms. The zero-order valence-electron chi connectivity index (χ0n) is 7.74. The van der Waals surface area contributed by atoms with Crippen LogP contribution in [-0.4, -0.2) is 37.7 Å². The van der Waals surface area contributed by atoms with E-state index in [0.29, 0.717) is 0 Å². The van der Waals surface area contributed by atoms with Crippen LogP contribution in [0.2, 0.25) is 0 Å². The SMILES string of the molecule is N#[C][Fe-3]([C]#N)([C]#N)([C]#N)([C]#N)[C]#N.[Ca+2].[K+]. The summed E-state index contributed by atoms with van der Waals surface area (Å²) in [5.74, 6) is 0. The molecule has 0 rings (SSSR count). The van der Waals surface area contributed by atoms with Crippen LogP contribution in [0.3, 0.4) is 0 Å². The predicted octanol–water partition coefficient (Wildman–Crippen LogP) is -3.28. The van der Waals surface area contributed by atoms with E-state index >= 15 is 0 Å². The molecule has 0 aromatic heterocycles. The van der Waals surface area contributed by atoms with Crippen LogP contribution in [0.25, 0.3) is 0 Å². The maximum absolute atomic E-state index is 8.58. The van der Waals surface area contributed by atoms with E-state index in [1.807, 2.05) is 0 Å². The predicted molar refractivity (Wildman–Crippen MR) is 39.4 cm³/mol. The molecule has 0 bridgehead atoms. The van der Waals surface area contributed by atoms with Gasteiger partial charge in [0.15, 0.2) is 0 Å². The summed E-state index contributed by atoms with van der Waals surface area (Å²) in [4.78, 5) is 6.19. The minimum absolute atomic E-state index is 0. The third-order valence-electron chi connectivity index (χ3n) is 1.19. The molecule has 0 saturated heterocycles. The molecule has 6 nitrogen and oxygen atoms in total. The van der Waals surface area contributed by atoms with Crippen molar-refractivity contribution in [2.45, 2.75) is 0 Å². The van der Waals surface area contributed by atoms with E-state index in [4.69, 9.17) is 31.6 Å². The first kappa shape index (κ1) is 20.7. The molecule has 0 aliphatic carbocycles. The molecule has 0 aromatic carbocycles. The molecule has 9 heteroatoms. The first-order chi connectivity index (χ1) is 5.97. The summed E-state index contributed by atoms with van der Waals surface area (Å²) in [7, 11) is -6.17. The smallest absolute Gasteiger partial charge is 1.00 e. The summed E-state index contributed by atoms with van der Waals surface area (Å²) in [6.07, 6.45) is 0. The van der Waals surface area contributed by atoms with Crippen molar-refractivity contribution in [3.8, 4) is 29.8 Å². The number of hydrogen-bond donors (Lipinski definition) is 0. The molecule has 0 aromatic rings. The van der Waals surface area contributed by atoms with E-state index in [9.17, 15) is 0 Å². The van der Waals surface area contributed by atoms with Crippen molar-refractivity contribution in [3.05, 3.63) is 0 Å². The standard InChI is InChI=1S/6CN.Ca.Fe.K/c6*1-2;;;/q;;;;;;+2;-3;+1. The number of rotatable bonds is 0. The summed E-state index contributed by atoms with van der Waals surface area (Å²) in [6.45, 7) is 0. The second kappa shape index (κ2) is 5.61. The van der Waals surface area contributed by atoms with Gasteiger partial charge in [0.2, 0.25) is 0 Å². The van der Waals surface area contributed by atoms with Gasteiger partial charge in [0.25, 0.3) is 0 Å². The molecule has 0 aliphatic heterocycles. The van der Waals surface area contributed by atoms with Gasteiger partial charge in [0.1, 0.15) is 0 Å². The second-order valence-corrected chi connectivity index (χ2v) is 7.42. The molecule has 0 fully saturated rings. The Morgan fingerprint density at radius 2 is 0.667 bits per heavy atom. The fraction of sp³-hybridized carbons (Fsp3) is 0. The topological polar surface area (TPSA) is 143 Å². The first-order valence-corrected chi connectivity index (χ1v) is 5.71. The van der Waals surface area contributed by atoms with Gasteiger partial charge in [0, 0.05) is 0 Å². The minimum atomic E-state index is -6.17. The zero-order valence-corrected chi connectivity index (χ0v) is 14.2. The third kappa shape index (κ3) is 2.38. The first-order valence-electron chi connectivity index (χ1n) is 2.40. The second-order valence-electron chi connectivity index (χ2n) is 1.80. The molecule has 0 saturated carbocycles. The van der Waals surface area contributed by atoms with E-state index in [1.165, 1.54) is 0 Å². The summed E-state index contributed by atoms with van der Waals surface area (Å²) in [6, 6.07) is 0. The van der Waals surface area contributed by atoms with E-state index < -0.39 is 10.7 Å². The number of hydrogen-bond acceptors (Lipinski definition) is 6. The average molecular weight is 291 g/mol. The third-order valence-corrected chi connectivity index (χ3v) is 4.89. The minimum Gasteiger partial charge on any atom is 1.00 e. The number of nitriles is 6. The van der Waals surface area contributed by atoms with Gasteiger partial charge in [-0.1, -0.05) is 0 Å². The summed E-state index contributed by atoms with van der Waals surface area (Å²) < 4.78 is 0. The van der Waals surface area contributed by atoms with Crippen molar-refractivity contribution in [1.82, 2.24) is 0 Å². The Morgan fingerprint density at radius 3 is 0.667 bits per heavy atom. The fourth-order valence-corrected chi connectivity index (χ4v) is 1.09. The van der Waals surface area contributed by atoms with Crippen LogP contribution in [0, 0.1) is 61.4 Å². The van der Waals surface area contributed by atoms with Crippen molar-refractivity contribution in [3.63, 3.8) is 0 Å². The monoisotopic (exact) mass is 291 g/mol. The van der Waals surface area contributed by atoms with Crippen molar-refractivity contribution in [2.24, 2.45) is 0 Å². The summed E-state index contributed by atoms with van der Waals surface area (Å²) >= 11 is 0. The number of nitrogens with zero attached hydrogens (tertiary/aromatic N) is 6. The molecular formula is C6CaFeKN6. The molecule has 0 unspecified atom stereocenters. The van der Waals surface area contributed by atoms with Gasteiger partial charge in [0.05, 0.1) is 0 Å². The Morgan fingerprint density at radius 1 is 0.533 bits per heavy atom. The molecular weight excluding hydrogens is 291 g/mol. The Kier molecular flexibility index (Phi) is 7.76. The molecule has 0 aliphatic rings. The van der Waals surface area contributed by atoms with Crippen molar-refractivity contribution in [1.29, 1.82) is 31.6 Å². The molecule has 0 radical (unpaired) electrons. The van der Waals surface area contributed by atoms with Gasteiger partial charge in [-0.05, 0) is 0 Å². The van der Waals surface area contributed by atoms with Crippen LogP contribution >= 0.6 is 0 Å². The molecule has 0 N–H and O–H groups in total. The Labute approximate surface area is 158 Å². The Hall–Kier alpha value is 0.356. The van der Waals surface area contributed by atoms with Crippen LogP contribution in [0.4, 0.5) is 0 Å². The van der Waals surface area contributed by atoms with E-state index in [-0.39, 0.29) is 89.1 Å². The van der Waals surface area contributed by atoms with Crippen LogP contribution in [0.5, 0.6) is 0 Å². The molecule has 0 amide bonds. The van der Waals surface area contributed by atoms with Gasteiger partial charge in [-0.25, -0.2) is 0 Å². The molecule has 65 valence electrons. The molecule has 0 atom stereocenters. The van der Waals surface area contributed by atoms with Gasteiger partial charge in [-0.15, -0.1) is 0 Å². The maximum Gasteiger partial charge on any atom is 2.00 e. The average Bonchev–Trinajstić information content (AvgIpc) is 2.26. The van der Waals surface area contributed by atoms with Crippen LogP contribution in [-0.2, 0) is 10.7 Å². The Balaban J connectivity index is -0.000000720. The quantitative estimate of drug-likeness (QED) is 0.428. The van der Waals surface area contributed by atoms with Crippen LogP contribution in [0.1, 0.15) is 0 Å². The van der Waals surface area contributed by atoms with Crippen molar-refractivity contribution in [2.75, 3.05) is 0 Å². The maximum atomic E-state index is 8.58.